The summed E-state index contributed by atoms with van der Waals surface area (Å²) in [4.78, 5) is 2.83. The van der Waals surface area contributed by atoms with Gasteiger partial charge < -0.3 is 14.8 Å². The number of sulfonamides is 1. The molecule has 0 spiro atoms. The summed E-state index contributed by atoms with van der Waals surface area (Å²) in [5.41, 5.74) is 0.464. The molecule has 3 N–H and O–H groups in total. The van der Waals surface area contributed by atoms with Crippen LogP contribution >= 0.6 is 0 Å². The highest BCUT2D eigenvalue weighted by atomic mass is 32.2. The molecule has 0 aliphatic carbocycles. The molecule has 19 heavy (non-hydrogen) atoms. The van der Waals surface area contributed by atoms with E-state index in [2.05, 4.69) is 9.71 Å². The molecule has 1 aromatic heterocycles. The molecule has 1 unspecified atom stereocenters. The van der Waals surface area contributed by atoms with Crippen LogP contribution in [0.5, 0.6) is 0 Å². The fourth-order valence-corrected chi connectivity index (χ4v) is 2.93. The van der Waals surface area contributed by atoms with E-state index in [1.165, 1.54) is 12.3 Å². The summed E-state index contributed by atoms with van der Waals surface area (Å²) in [6.45, 7) is 6.40. The Morgan fingerprint density at radius 3 is 2.63 bits per heavy atom. The van der Waals surface area contributed by atoms with Gasteiger partial charge in [-0.05, 0) is 18.9 Å². The zero-order chi connectivity index (χ0) is 14.5. The molecular weight excluding hydrogens is 268 g/mol. The van der Waals surface area contributed by atoms with Gasteiger partial charge in [0.2, 0.25) is 10.0 Å². The summed E-state index contributed by atoms with van der Waals surface area (Å²) < 4.78 is 32.3. The van der Waals surface area contributed by atoms with Gasteiger partial charge in [-0.15, -0.1) is 0 Å². The highest BCUT2D eigenvalue weighted by Crippen LogP contribution is 2.13. The average Bonchev–Trinajstić information content (AvgIpc) is 2.83. The summed E-state index contributed by atoms with van der Waals surface area (Å²) in [6.07, 6.45) is 1.37. The molecule has 0 aromatic carbocycles. The van der Waals surface area contributed by atoms with Crippen LogP contribution in [0.4, 0.5) is 0 Å². The standard InChI is InChI=1S/C12H22N2O4S/c1-4-18-8-12(9(2)3)14-19(16,17)11-5-10(7-15)13-6-11/h5-6,9,12-15H,4,7-8H2,1-3H3. The molecule has 1 rings (SSSR count). The highest BCUT2D eigenvalue weighted by Gasteiger charge is 2.23. The zero-order valence-electron chi connectivity index (χ0n) is 11.5. The fourth-order valence-electron chi connectivity index (χ4n) is 1.54. The minimum Gasteiger partial charge on any atom is -0.390 e. The maximum Gasteiger partial charge on any atom is 0.242 e. The van der Waals surface area contributed by atoms with E-state index in [-0.39, 0.29) is 23.5 Å². The molecule has 0 saturated heterocycles. The Hall–Kier alpha value is -0.890. The minimum atomic E-state index is -3.60. The van der Waals surface area contributed by atoms with Crippen molar-refractivity contribution < 1.29 is 18.3 Å². The molecule has 1 atom stereocenters. The van der Waals surface area contributed by atoms with Crippen LogP contribution in [0.1, 0.15) is 26.5 Å². The van der Waals surface area contributed by atoms with Crippen molar-refractivity contribution in [2.75, 3.05) is 13.2 Å². The van der Waals surface area contributed by atoms with Crippen LogP contribution in [0.3, 0.4) is 0 Å². The molecule has 1 aromatic rings. The Kier molecular flexibility index (Phi) is 5.99. The predicted octanol–water partition coefficient (Wildman–Crippen LogP) is 0.846. The van der Waals surface area contributed by atoms with Crippen LogP contribution in [-0.4, -0.2) is 37.8 Å². The Morgan fingerprint density at radius 1 is 1.47 bits per heavy atom. The number of rotatable bonds is 8. The van der Waals surface area contributed by atoms with Crippen molar-refractivity contribution in [2.45, 2.75) is 38.3 Å². The van der Waals surface area contributed by atoms with E-state index in [9.17, 15) is 8.42 Å². The van der Waals surface area contributed by atoms with Crippen LogP contribution < -0.4 is 4.72 Å². The Morgan fingerprint density at radius 2 is 2.16 bits per heavy atom. The van der Waals surface area contributed by atoms with Gasteiger partial charge in [0.15, 0.2) is 0 Å². The second-order valence-corrected chi connectivity index (χ2v) is 6.36. The van der Waals surface area contributed by atoms with Crippen LogP contribution in [0.2, 0.25) is 0 Å². The predicted molar refractivity (Wildman–Crippen MR) is 72.2 cm³/mol. The summed E-state index contributed by atoms with van der Waals surface area (Å²) in [5, 5.41) is 8.94. The molecule has 1 heterocycles. The van der Waals surface area contributed by atoms with E-state index in [0.717, 1.165) is 0 Å². The molecule has 6 nitrogen and oxygen atoms in total. The number of ether oxygens (including phenoxy) is 1. The molecule has 0 amide bonds. The lowest BCUT2D eigenvalue weighted by Crippen LogP contribution is -2.41. The first-order valence-corrected chi connectivity index (χ1v) is 7.77. The molecule has 0 radical (unpaired) electrons. The first-order valence-electron chi connectivity index (χ1n) is 6.29. The van der Waals surface area contributed by atoms with Crippen LogP contribution in [0, 0.1) is 5.92 Å². The van der Waals surface area contributed by atoms with Crippen molar-refractivity contribution in [3.63, 3.8) is 0 Å². The number of H-pyrrole nitrogens is 1. The summed E-state index contributed by atoms with van der Waals surface area (Å²) in [6, 6.07) is 1.14. The smallest absolute Gasteiger partial charge is 0.242 e. The SMILES string of the molecule is CCOCC(NS(=O)(=O)c1c[nH]c(CO)c1)C(C)C. The van der Waals surface area contributed by atoms with Gasteiger partial charge in [-0.2, -0.15) is 0 Å². The quantitative estimate of drug-likeness (QED) is 0.662. The molecule has 0 fully saturated rings. The molecule has 110 valence electrons. The van der Waals surface area contributed by atoms with Crippen molar-refractivity contribution in [3.8, 4) is 0 Å². The van der Waals surface area contributed by atoms with Gasteiger partial charge in [0, 0.05) is 24.5 Å². The Bertz CT molecular complexity index is 482. The van der Waals surface area contributed by atoms with Gasteiger partial charge in [-0.25, -0.2) is 13.1 Å². The average molecular weight is 290 g/mol. The number of aromatic nitrogens is 1. The van der Waals surface area contributed by atoms with Crippen LogP contribution in [0.15, 0.2) is 17.2 Å². The van der Waals surface area contributed by atoms with Gasteiger partial charge in [0.1, 0.15) is 0 Å². The second-order valence-electron chi connectivity index (χ2n) is 4.65. The number of nitrogens with one attached hydrogen (secondary N) is 2. The number of aromatic amines is 1. The highest BCUT2D eigenvalue weighted by molar-refractivity contribution is 7.89. The van der Waals surface area contributed by atoms with Gasteiger partial charge in [0.25, 0.3) is 0 Å². The minimum absolute atomic E-state index is 0.123. The van der Waals surface area contributed by atoms with Gasteiger partial charge in [-0.3, -0.25) is 0 Å². The second kappa shape index (κ2) is 7.04. The summed E-state index contributed by atoms with van der Waals surface area (Å²) in [5.74, 6) is 0.123. The van der Waals surface area contributed by atoms with E-state index in [4.69, 9.17) is 9.84 Å². The van der Waals surface area contributed by atoms with E-state index < -0.39 is 10.0 Å². The van der Waals surface area contributed by atoms with E-state index in [0.29, 0.717) is 18.9 Å². The topological polar surface area (TPSA) is 91.4 Å². The lowest BCUT2D eigenvalue weighted by Gasteiger charge is -2.21. The van der Waals surface area contributed by atoms with E-state index >= 15 is 0 Å². The first kappa shape index (κ1) is 16.2. The number of hydrogen-bond acceptors (Lipinski definition) is 4. The summed E-state index contributed by atoms with van der Waals surface area (Å²) >= 11 is 0. The van der Waals surface area contributed by atoms with E-state index in [1.54, 1.807) is 0 Å². The van der Waals surface area contributed by atoms with Crippen LogP contribution in [-0.2, 0) is 21.4 Å². The Labute approximate surface area is 114 Å². The fraction of sp³-hybridized carbons (Fsp3) is 0.667. The van der Waals surface area contributed by atoms with Crippen molar-refractivity contribution >= 4 is 10.0 Å². The lowest BCUT2D eigenvalue weighted by molar-refractivity contribution is 0.116. The lowest BCUT2D eigenvalue weighted by atomic mass is 10.1. The number of hydrogen-bond donors (Lipinski definition) is 3. The first-order chi connectivity index (χ1) is 8.90. The molecule has 0 aliphatic heterocycles. The third-order valence-electron chi connectivity index (χ3n) is 2.81. The van der Waals surface area contributed by atoms with Crippen molar-refractivity contribution in [1.29, 1.82) is 0 Å². The van der Waals surface area contributed by atoms with Crippen molar-refractivity contribution in [1.82, 2.24) is 9.71 Å². The maximum absolute atomic E-state index is 12.2. The van der Waals surface area contributed by atoms with E-state index in [1.807, 2.05) is 20.8 Å². The monoisotopic (exact) mass is 290 g/mol. The summed E-state index contributed by atoms with van der Waals surface area (Å²) in [7, 11) is -3.60. The van der Waals surface area contributed by atoms with Crippen molar-refractivity contribution in [2.24, 2.45) is 5.92 Å². The van der Waals surface area contributed by atoms with Crippen LogP contribution in [0.25, 0.3) is 0 Å². The molecule has 0 aliphatic rings. The zero-order valence-corrected chi connectivity index (χ0v) is 12.3. The van der Waals surface area contributed by atoms with Gasteiger partial charge in [-0.1, -0.05) is 13.8 Å². The number of aliphatic hydroxyl groups excluding tert-OH is 1. The largest absolute Gasteiger partial charge is 0.390 e. The number of aliphatic hydroxyl groups is 1. The molecule has 0 bridgehead atoms. The molecule has 7 heteroatoms. The van der Waals surface area contributed by atoms with Gasteiger partial charge >= 0.3 is 0 Å². The third-order valence-corrected chi connectivity index (χ3v) is 4.28. The maximum atomic E-state index is 12.2. The molecular formula is C12H22N2O4S. The Balaban J connectivity index is 2.81. The molecule has 0 saturated carbocycles. The normalized spacial score (nSPS) is 13.9. The third kappa shape index (κ3) is 4.61. The van der Waals surface area contributed by atoms with Crippen molar-refractivity contribution in [3.05, 3.63) is 18.0 Å². The van der Waals surface area contributed by atoms with Gasteiger partial charge in [0.05, 0.1) is 18.1 Å².